The normalized spacial score (nSPS) is 21.9. The van der Waals surface area contributed by atoms with Crippen molar-refractivity contribution in [3.05, 3.63) is 30.4 Å². The van der Waals surface area contributed by atoms with Crippen molar-refractivity contribution in [1.29, 1.82) is 0 Å². The average Bonchev–Trinajstić information content (AvgIpc) is 3.28. The highest BCUT2D eigenvalue weighted by molar-refractivity contribution is 5.77. The van der Waals surface area contributed by atoms with E-state index in [1.807, 2.05) is 17.0 Å². The summed E-state index contributed by atoms with van der Waals surface area (Å²) in [6, 6.07) is 3.77. The highest BCUT2D eigenvalue weighted by Crippen LogP contribution is 2.49. The number of amides is 1. The maximum atomic E-state index is 12.7. The fourth-order valence-corrected chi connectivity index (χ4v) is 4.25. The summed E-state index contributed by atoms with van der Waals surface area (Å²) in [6.07, 6.45) is 5.84. The minimum absolute atomic E-state index is 0.0381. The zero-order chi connectivity index (χ0) is 18.9. The molecule has 0 bridgehead atoms. The van der Waals surface area contributed by atoms with Gasteiger partial charge in [-0.25, -0.2) is 0 Å². The molecule has 1 amide bonds. The van der Waals surface area contributed by atoms with Crippen LogP contribution in [0, 0.1) is 11.3 Å². The number of carbonyl (C=O) groups is 1. The molecular weight excluding hydrogens is 344 g/mol. The molecule has 1 unspecified atom stereocenters. The van der Waals surface area contributed by atoms with E-state index in [9.17, 15) is 4.79 Å². The number of ether oxygens (including phenoxy) is 1. The smallest absolute Gasteiger partial charge is 0.232 e. The Kier molecular flexibility index (Phi) is 4.95. The molecule has 7 heteroatoms. The van der Waals surface area contributed by atoms with Gasteiger partial charge in [0.25, 0.3) is 0 Å². The SMILES string of the molecule is CC(C)CC(=O)N1CC(c2nc(-c3cccnc3)no2)C2(CCOCC2)C1. The van der Waals surface area contributed by atoms with Crippen LogP contribution in [-0.2, 0) is 9.53 Å². The first-order valence-electron chi connectivity index (χ1n) is 9.67. The lowest BCUT2D eigenvalue weighted by atomic mass is 9.72. The van der Waals surface area contributed by atoms with Gasteiger partial charge in [-0.1, -0.05) is 19.0 Å². The highest BCUT2D eigenvalue weighted by atomic mass is 16.5. The minimum Gasteiger partial charge on any atom is -0.381 e. The number of hydrogen-bond donors (Lipinski definition) is 0. The Balaban J connectivity index is 1.61. The van der Waals surface area contributed by atoms with E-state index in [-0.39, 0.29) is 17.2 Å². The van der Waals surface area contributed by atoms with E-state index in [1.165, 1.54) is 0 Å². The van der Waals surface area contributed by atoms with E-state index < -0.39 is 0 Å². The van der Waals surface area contributed by atoms with Crippen molar-refractivity contribution < 1.29 is 14.1 Å². The molecule has 144 valence electrons. The Morgan fingerprint density at radius 1 is 1.37 bits per heavy atom. The molecule has 0 saturated carbocycles. The molecule has 27 heavy (non-hydrogen) atoms. The van der Waals surface area contributed by atoms with Gasteiger partial charge in [-0.05, 0) is 30.9 Å². The zero-order valence-corrected chi connectivity index (χ0v) is 15.9. The summed E-state index contributed by atoms with van der Waals surface area (Å²) >= 11 is 0. The molecule has 0 aliphatic carbocycles. The van der Waals surface area contributed by atoms with Crippen LogP contribution in [0.3, 0.4) is 0 Å². The van der Waals surface area contributed by atoms with Crippen LogP contribution in [0.5, 0.6) is 0 Å². The van der Waals surface area contributed by atoms with E-state index in [0.29, 0.717) is 43.8 Å². The van der Waals surface area contributed by atoms with Gasteiger partial charge in [-0.15, -0.1) is 0 Å². The molecule has 2 aromatic rings. The van der Waals surface area contributed by atoms with E-state index in [1.54, 1.807) is 12.4 Å². The van der Waals surface area contributed by atoms with E-state index in [4.69, 9.17) is 9.26 Å². The second-order valence-electron chi connectivity index (χ2n) is 8.10. The molecule has 0 aromatic carbocycles. The molecule has 2 aliphatic rings. The molecule has 0 radical (unpaired) electrons. The number of aromatic nitrogens is 3. The van der Waals surface area contributed by atoms with Gasteiger partial charge >= 0.3 is 0 Å². The molecule has 0 N–H and O–H groups in total. The van der Waals surface area contributed by atoms with Crippen LogP contribution in [0.1, 0.15) is 44.9 Å². The standard InChI is InChI=1S/C20H26N4O3/c1-14(2)10-17(25)24-12-16(20(13-24)5-8-26-9-6-20)19-22-18(23-27-19)15-4-3-7-21-11-15/h3-4,7,11,14,16H,5-6,8-10,12-13H2,1-2H3. The lowest BCUT2D eigenvalue weighted by Crippen LogP contribution is -2.37. The fraction of sp³-hybridized carbons (Fsp3) is 0.600. The predicted molar refractivity (Wildman–Crippen MR) is 98.8 cm³/mol. The van der Waals surface area contributed by atoms with Crippen LogP contribution in [0.2, 0.25) is 0 Å². The van der Waals surface area contributed by atoms with Crippen LogP contribution in [-0.4, -0.2) is 52.2 Å². The maximum Gasteiger partial charge on any atom is 0.232 e. The number of hydrogen-bond acceptors (Lipinski definition) is 6. The van der Waals surface area contributed by atoms with Crippen molar-refractivity contribution in [1.82, 2.24) is 20.0 Å². The van der Waals surface area contributed by atoms with Crippen LogP contribution < -0.4 is 0 Å². The Bertz CT molecular complexity index is 784. The lowest BCUT2D eigenvalue weighted by Gasteiger charge is -2.36. The molecule has 1 spiro atoms. The first kappa shape index (κ1) is 18.1. The molecule has 2 aliphatic heterocycles. The summed E-state index contributed by atoms with van der Waals surface area (Å²) in [5, 5.41) is 4.17. The first-order valence-corrected chi connectivity index (χ1v) is 9.67. The van der Waals surface area contributed by atoms with Crippen LogP contribution >= 0.6 is 0 Å². The number of rotatable bonds is 4. The summed E-state index contributed by atoms with van der Waals surface area (Å²) in [6.45, 7) is 6.97. The van der Waals surface area contributed by atoms with Crippen molar-refractivity contribution in [2.75, 3.05) is 26.3 Å². The maximum absolute atomic E-state index is 12.7. The minimum atomic E-state index is -0.0381. The number of nitrogens with zero attached hydrogens (tertiary/aromatic N) is 4. The van der Waals surface area contributed by atoms with Crippen molar-refractivity contribution in [3.8, 4) is 11.4 Å². The van der Waals surface area contributed by atoms with Gasteiger partial charge in [-0.2, -0.15) is 4.98 Å². The van der Waals surface area contributed by atoms with Gasteiger partial charge in [0.05, 0.1) is 5.92 Å². The average molecular weight is 370 g/mol. The molecule has 4 rings (SSSR count). The quantitative estimate of drug-likeness (QED) is 0.823. The van der Waals surface area contributed by atoms with E-state index >= 15 is 0 Å². The second-order valence-corrected chi connectivity index (χ2v) is 8.10. The molecule has 7 nitrogen and oxygen atoms in total. The molecule has 1 atom stereocenters. The molecule has 2 saturated heterocycles. The molecule has 2 aromatic heterocycles. The van der Waals surface area contributed by atoms with E-state index in [2.05, 4.69) is 29.0 Å². The topological polar surface area (TPSA) is 81.4 Å². The van der Waals surface area contributed by atoms with Gasteiger partial charge in [-0.3, -0.25) is 9.78 Å². The third-order valence-electron chi connectivity index (χ3n) is 5.73. The molecular formula is C20H26N4O3. The number of pyridine rings is 1. The summed E-state index contributed by atoms with van der Waals surface area (Å²) in [5.41, 5.74) is 0.795. The summed E-state index contributed by atoms with van der Waals surface area (Å²) in [7, 11) is 0. The van der Waals surface area contributed by atoms with Crippen LogP contribution in [0.15, 0.2) is 29.0 Å². The molecule has 4 heterocycles. The van der Waals surface area contributed by atoms with Gasteiger partial charge in [0.2, 0.25) is 17.6 Å². The Labute approximate surface area is 159 Å². The highest BCUT2D eigenvalue weighted by Gasteiger charge is 2.51. The lowest BCUT2D eigenvalue weighted by molar-refractivity contribution is -0.131. The Morgan fingerprint density at radius 3 is 2.89 bits per heavy atom. The van der Waals surface area contributed by atoms with Gasteiger partial charge < -0.3 is 14.2 Å². The zero-order valence-electron chi connectivity index (χ0n) is 15.9. The summed E-state index contributed by atoms with van der Waals surface area (Å²) in [5.74, 6) is 1.78. The molecule has 2 fully saturated rings. The Hall–Kier alpha value is -2.28. The predicted octanol–water partition coefficient (Wildman–Crippen LogP) is 2.90. The second kappa shape index (κ2) is 7.38. The van der Waals surface area contributed by atoms with Crippen molar-refractivity contribution >= 4 is 5.91 Å². The van der Waals surface area contributed by atoms with Crippen molar-refractivity contribution in [3.63, 3.8) is 0 Å². The van der Waals surface area contributed by atoms with Gasteiger partial charge in [0, 0.05) is 56.1 Å². The van der Waals surface area contributed by atoms with Crippen molar-refractivity contribution in [2.24, 2.45) is 11.3 Å². The van der Waals surface area contributed by atoms with Crippen molar-refractivity contribution in [2.45, 2.75) is 39.0 Å². The summed E-state index contributed by atoms with van der Waals surface area (Å²) < 4.78 is 11.3. The number of carbonyl (C=O) groups excluding carboxylic acids is 1. The van der Waals surface area contributed by atoms with Crippen LogP contribution in [0.4, 0.5) is 0 Å². The largest absolute Gasteiger partial charge is 0.381 e. The third kappa shape index (κ3) is 3.60. The first-order chi connectivity index (χ1) is 13.1. The number of likely N-dealkylation sites (tertiary alicyclic amines) is 1. The third-order valence-corrected chi connectivity index (χ3v) is 5.73. The monoisotopic (exact) mass is 370 g/mol. The summed E-state index contributed by atoms with van der Waals surface area (Å²) in [4.78, 5) is 23.5. The van der Waals surface area contributed by atoms with Crippen LogP contribution in [0.25, 0.3) is 11.4 Å². The Morgan fingerprint density at radius 2 is 2.19 bits per heavy atom. The van der Waals surface area contributed by atoms with Gasteiger partial charge in [0.1, 0.15) is 0 Å². The fourth-order valence-electron chi connectivity index (χ4n) is 4.25. The van der Waals surface area contributed by atoms with E-state index in [0.717, 1.165) is 24.9 Å². The van der Waals surface area contributed by atoms with Gasteiger partial charge in [0.15, 0.2) is 0 Å².